The summed E-state index contributed by atoms with van der Waals surface area (Å²) < 4.78 is 1.28. The molecule has 0 fully saturated rings. The van der Waals surface area contributed by atoms with Crippen LogP contribution < -0.4 is 0 Å². The van der Waals surface area contributed by atoms with E-state index in [2.05, 4.69) is 69.2 Å². The summed E-state index contributed by atoms with van der Waals surface area (Å²) in [5.74, 6) is 0. The van der Waals surface area contributed by atoms with Crippen molar-refractivity contribution < 1.29 is 0 Å². The number of hydrogen-bond donors (Lipinski definition) is 0. The number of aromatic nitrogens is 2. The minimum atomic E-state index is 0.0187. The molecule has 4 rings (SSSR count). The molecule has 4 aromatic rings. The number of nitrogens with zero attached hydrogens (tertiary/aromatic N) is 2. The highest BCUT2D eigenvalue weighted by Gasteiger charge is 2.26. The summed E-state index contributed by atoms with van der Waals surface area (Å²) in [6.07, 6.45) is 2.79. The van der Waals surface area contributed by atoms with Gasteiger partial charge in [-0.3, -0.25) is 4.98 Å². The van der Waals surface area contributed by atoms with E-state index >= 15 is 0 Å². The second kappa shape index (κ2) is 6.14. The quantitative estimate of drug-likeness (QED) is 0.394. The normalized spacial score (nSPS) is 13.0. The van der Waals surface area contributed by atoms with Gasteiger partial charge in [0.25, 0.3) is 0 Å². The molecule has 0 saturated carbocycles. The zero-order valence-electron chi connectivity index (χ0n) is 16.0. The number of thiophene rings is 2. The Morgan fingerprint density at radius 1 is 1.04 bits per heavy atom. The summed E-state index contributed by atoms with van der Waals surface area (Å²) in [4.78, 5) is 12.0. The fourth-order valence-corrected chi connectivity index (χ4v) is 5.54. The average molecular weight is 381 g/mol. The lowest BCUT2D eigenvalue weighted by Crippen LogP contribution is -2.20. The standard InChI is InChI=1S/C22H24N2S2/c1-21(2,3)19-11-17-18(26-19)9-8-14(24-17)12-22(4,5)16-13-25-20-15(16)7-6-10-23-20/h6-11,13H,12H2,1-5H3. The average Bonchev–Trinajstić information content (AvgIpc) is 3.18. The molecule has 0 aliphatic carbocycles. The maximum absolute atomic E-state index is 4.98. The van der Waals surface area contributed by atoms with Crippen LogP contribution in [0.3, 0.4) is 0 Å². The van der Waals surface area contributed by atoms with E-state index in [0.717, 1.165) is 22.5 Å². The number of rotatable bonds is 3. The van der Waals surface area contributed by atoms with Crippen LogP contribution in [0.15, 0.2) is 41.9 Å². The minimum Gasteiger partial charge on any atom is -0.252 e. The van der Waals surface area contributed by atoms with Gasteiger partial charge in [-0.05, 0) is 52.5 Å². The van der Waals surface area contributed by atoms with Gasteiger partial charge in [0.1, 0.15) is 4.83 Å². The van der Waals surface area contributed by atoms with E-state index < -0.39 is 0 Å². The molecule has 0 N–H and O–H groups in total. The maximum atomic E-state index is 4.98. The Morgan fingerprint density at radius 2 is 1.85 bits per heavy atom. The van der Waals surface area contributed by atoms with Crippen molar-refractivity contribution in [2.24, 2.45) is 0 Å². The van der Waals surface area contributed by atoms with Gasteiger partial charge in [0.2, 0.25) is 0 Å². The van der Waals surface area contributed by atoms with Gasteiger partial charge < -0.3 is 0 Å². The fraction of sp³-hybridized carbons (Fsp3) is 0.364. The molecule has 4 heteroatoms. The second-order valence-electron chi connectivity index (χ2n) is 8.61. The van der Waals surface area contributed by atoms with E-state index in [1.165, 1.54) is 20.5 Å². The van der Waals surface area contributed by atoms with Crippen molar-refractivity contribution in [3.05, 3.63) is 58.0 Å². The first-order chi connectivity index (χ1) is 12.2. The topological polar surface area (TPSA) is 25.8 Å². The van der Waals surface area contributed by atoms with Crippen LogP contribution in [0.2, 0.25) is 0 Å². The molecule has 0 atom stereocenters. The van der Waals surface area contributed by atoms with Gasteiger partial charge in [-0.25, -0.2) is 4.98 Å². The third-order valence-corrected chi connectivity index (χ3v) is 7.29. The van der Waals surface area contributed by atoms with Gasteiger partial charge in [0.05, 0.1) is 10.2 Å². The summed E-state index contributed by atoms with van der Waals surface area (Å²) in [7, 11) is 0. The van der Waals surface area contributed by atoms with Crippen molar-refractivity contribution in [2.75, 3.05) is 0 Å². The van der Waals surface area contributed by atoms with E-state index in [-0.39, 0.29) is 10.8 Å². The van der Waals surface area contributed by atoms with Crippen LogP contribution in [0.1, 0.15) is 50.8 Å². The third kappa shape index (κ3) is 3.17. The molecule has 0 saturated heterocycles. The van der Waals surface area contributed by atoms with Crippen molar-refractivity contribution in [3.8, 4) is 0 Å². The molecule has 0 bridgehead atoms. The summed E-state index contributed by atoms with van der Waals surface area (Å²) in [6.45, 7) is 11.4. The van der Waals surface area contributed by atoms with Gasteiger partial charge in [-0.1, -0.05) is 40.7 Å². The number of fused-ring (bicyclic) bond motifs is 2. The lowest BCUT2D eigenvalue weighted by Gasteiger charge is -2.24. The molecule has 0 radical (unpaired) electrons. The predicted molar refractivity (Wildman–Crippen MR) is 115 cm³/mol. The van der Waals surface area contributed by atoms with Crippen molar-refractivity contribution in [3.63, 3.8) is 0 Å². The molecule has 2 nitrogen and oxygen atoms in total. The Bertz CT molecular complexity index is 1080. The molecular weight excluding hydrogens is 356 g/mol. The van der Waals surface area contributed by atoms with Crippen LogP contribution >= 0.6 is 22.7 Å². The Labute approximate surface area is 162 Å². The van der Waals surface area contributed by atoms with Gasteiger partial charge in [-0.2, -0.15) is 0 Å². The third-order valence-electron chi connectivity index (χ3n) is 4.87. The highest BCUT2D eigenvalue weighted by Crippen LogP contribution is 2.37. The van der Waals surface area contributed by atoms with Gasteiger partial charge in [0.15, 0.2) is 0 Å². The SMILES string of the molecule is CC(C)(C)c1cc2nc(CC(C)(C)c3csc4ncccc34)ccc2s1. The summed E-state index contributed by atoms with van der Waals surface area (Å²) in [5.41, 5.74) is 3.85. The van der Waals surface area contributed by atoms with E-state index in [1.54, 1.807) is 11.3 Å². The molecule has 4 aromatic heterocycles. The molecule has 0 aliphatic heterocycles. The van der Waals surface area contributed by atoms with Gasteiger partial charge in [-0.15, -0.1) is 22.7 Å². The molecule has 0 aromatic carbocycles. The molecule has 0 spiro atoms. The van der Waals surface area contributed by atoms with Crippen LogP contribution in [0.4, 0.5) is 0 Å². The smallest absolute Gasteiger partial charge is 0.123 e. The maximum Gasteiger partial charge on any atom is 0.123 e. The fourth-order valence-electron chi connectivity index (χ4n) is 3.37. The predicted octanol–water partition coefficient (Wildman–Crippen LogP) is 6.72. The van der Waals surface area contributed by atoms with E-state index in [9.17, 15) is 0 Å². The van der Waals surface area contributed by atoms with Crippen molar-refractivity contribution in [1.82, 2.24) is 9.97 Å². The number of pyridine rings is 2. The van der Waals surface area contributed by atoms with Crippen molar-refractivity contribution in [2.45, 2.75) is 51.9 Å². The Morgan fingerprint density at radius 3 is 2.62 bits per heavy atom. The molecule has 134 valence electrons. The molecule has 4 heterocycles. The largest absolute Gasteiger partial charge is 0.252 e. The van der Waals surface area contributed by atoms with Crippen LogP contribution in [-0.4, -0.2) is 9.97 Å². The summed E-state index contributed by atoms with van der Waals surface area (Å²) >= 11 is 3.59. The van der Waals surface area contributed by atoms with E-state index in [1.807, 2.05) is 23.6 Å². The second-order valence-corrected chi connectivity index (χ2v) is 10.6. The molecular formula is C22H24N2S2. The van der Waals surface area contributed by atoms with E-state index in [4.69, 9.17) is 4.98 Å². The Hall–Kier alpha value is -1.78. The zero-order valence-corrected chi connectivity index (χ0v) is 17.6. The van der Waals surface area contributed by atoms with Crippen LogP contribution in [0.5, 0.6) is 0 Å². The Balaban J connectivity index is 1.69. The first-order valence-corrected chi connectivity index (χ1v) is 10.7. The molecule has 0 aliphatic rings. The van der Waals surface area contributed by atoms with Gasteiger partial charge in [0, 0.05) is 22.2 Å². The summed E-state index contributed by atoms with van der Waals surface area (Å²) in [5, 5.41) is 3.53. The monoisotopic (exact) mass is 380 g/mol. The number of hydrogen-bond acceptors (Lipinski definition) is 4. The highest BCUT2D eigenvalue weighted by atomic mass is 32.1. The lowest BCUT2D eigenvalue weighted by molar-refractivity contribution is 0.522. The minimum absolute atomic E-state index is 0.0187. The van der Waals surface area contributed by atoms with Gasteiger partial charge >= 0.3 is 0 Å². The van der Waals surface area contributed by atoms with Crippen LogP contribution in [-0.2, 0) is 17.3 Å². The highest BCUT2D eigenvalue weighted by molar-refractivity contribution is 7.19. The first-order valence-electron chi connectivity index (χ1n) is 8.97. The first kappa shape index (κ1) is 17.6. The molecule has 26 heavy (non-hydrogen) atoms. The van der Waals surface area contributed by atoms with Crippen LogP contribution in [0.25, 0.3) is 20.4 Å². The Kier molecular flexibility index (Phi) is 4.16. The van der Waals surface area contributed by atoms with Crippen molar-refractivity contribution in [1.29, 1.82) is 0 Å². The zero-order chi connectivity index (χ0) is 18.5. The van der Waals surface area contributed by atoms with E-state index in [0.29, 0.717) is 0 Å². The molecule has 0 unspecified atom stereocenters. The van der Waals surface area contributed by atoms with Crippen molar-refractivity contribution >= 4 is 43.1 Å². The van der Waals surface area contributed by atoms with Crippen LogP contribution in [0, 0.1) is 0 Å². The molecule has 0 amide bonds. The summed E-state index contributed by atoms with van der Waals surface area (Å²) in [6, 6.07) is 10.9. The lowest BCUT2D eigenvalue weighted by atomic mass is 9.80.